The van der Waals surface area contributed by atoms with Crippen LogP contribution in [-0.4, -0.2) is 18.4 Å². The van der Waals surface area contributed by atoms with E-state index in [4.69, 9.17) is 4.42 Å². The van der Waals surface area contributed by atoms with Gasteiger partial charge in [0.05, 0.1) is 12.7 Å². The highest BCUT2D eigenvalue weighted by Crippen LogP contribution is 2.26. The van der Waals surface area contributed by atoms with Crippen LogP contribution in [0.25, 0.3) is 11.0 Å². The number of benzene rings is 2. The normalized spacial score (nSPS) is 14.1. The lowest BCUT2D eigenvalue weighted by Gasteiger charge is -2.16. The Morgan fingerprint density at radius 1 is 1.19 bits per heavy atom. The van der Waals surface area contributed by atoms with Gasteiger partial charge < -0.3 is 14.6 Å². The molecule has 1 aliphatic heterocycles. The van der Waals surface area contributed by atoms with E-state index in [0.29, 0.717) is 12.1 Å². The summed E-state index contributed by atoms with van der Waals surface area (Å²) >= 11 is 0. The van der Waals surface area contributed by atoms with Crippen molar-refractivity contribution in [2.75, 3.05) is 16.8 Å². The molecule has 0 atom stereocenters. The van der Waals surface area contributed by atoms with Crippen molar-refractivity contribution in [1.29, 1.82) is 0 Å². The Hall–Kier alpha value is -3.08. The molecule has 2 heterocycles. The lowest BCUT2D eigenvalue weighted by Crippen LogP contribution is -2.23. The Balaban J connectivity index is 1.50. The van der Waals surface area contributed by atoms with Crippen molar-refractivity contribution >= 4 is 34.2 Å². The van der Waals surface area contributed by atoms with Gasteiger partial charge in [-0.15, -0.1) is 0 Å². The number of carbonyl (C=O) groups excluding carboxylic acids is 2. The minimum atomic E-state index is -0.110. The summed E-state index contributed by atoms with van der Waals surface area (Å²) in [7, 11) is 0. The van der Waals surface area contributed by atoms with E-state index in [0.717, 1.165) is 35.2 Å². The number of aryl methyl sites for hydroxylation is 2. The minimum Gasteiger partial charge on any atom is -0.464 e. The first-order chi connectivity index (χ1) is 13.0. The van der Waals surface area contributed by atoms with E-state index in [9.17, 15) is 9.59 Å². The first-order valence-electron chi connectivity index (χ1n) is 9.19. The van der Waals surface area contributed by atoms with E-state index in [1.165, 1.54) is 11.1 Å². The fourth-order valence-electron chi connectivity index (χ4n) is 3.52. The van der Waals surface area contributed by atoms with Crippen molar-refractivity contribution in [1.82, 2.24) is 0 Å². The van der Waals surface area contributed by atoms with E-state index in [1.807, 2.05) is 37.3 Å². The van der Waals surface area contributed by atoms with Crippen molar-refractivity contribution < 1.29 is 14.0 Å². The second-order valence-electron chi connectivity index (χ2n) is 7.12. The van der Waals surface area contributed by atoms with Gasteiger partial charge in [-0.1, -0.05) is 6.07 Å². The van der Waals surface area contributed by atoms with Gasteiger partial charge >= 0.3 is 0 Å². The summed E-state index contributed by atoms with van der Waals surface area (Å²) in [5.41, 5.74) is 5.54. The number of amides is 2. The second kappa shape index (κ2) is 6.91. The van der Waals surface area contributed by atoms with Gasteiger partial charge in [0.2, 0.25) is 11.8 Å². The van der Waals surface area contributed by atoms with Crippen LogP contribution in [0.5, 0.6) is 0 Å². The van der Waals surface area contributed by atoms with Crippen LogP contribution < -0.4 is 10.2 Å². The molecule has 2 aromatic carbocycles. The van der Waals surface area contributed by atoms with Gasteiger partial charge in [-0.25, -0.2) is 0 Å². The maximum atomic E-state index is 12.5. The van der Waals surface area contributed by atoms with Gasteiger partial charge in [-0.2, -0.15) is 0 Å². The first-order valence-corrected chi connectivity index (χ1v) is 9.19. The summed E-state index contributed by atoms with van der Waals surface area (Å²) in [4.78, 5) is 26.2. The van der Waals surface area contributed by atoms with Crippen LogP contribution in [-0.2, 0) is 16.0 Å². The van der Waals surface area contributed by atoms with E-state index >= 15 is 0 Å². The highest BCUT2D eigenvalue weighted by molar-refractivity contribution is 5.98. The predicted octanol–water partition coefficient (Wildman–Crippen LogP) is 4.36. The molecule has 27 heavy (non-hydrogen) atoms. The molecule has 138 valence electrons. The Morgan fingerprint density at radius 3 is 2.78 bits per heavy atom. The summed E-state index contributed by atoms with van der Waals surface area (Å²) in [5.74, 6) is 0.0230. The van der Waals surface area contributed by atoms with Crippen LogP contribution in [0.15, 0.2) is 47.1 Å². The molecule has 4 rings (SSSR count). The Kier molecular flexibility index (Phi) is 4.44. The zero-order valence-corrected chi connectivity index (χ0v) is 15.5. The van der Waals surface area contributed by atoms with Gasteiger partial charge in [-0.05, 0) is 61.7 Å². The fourth-order valence-corrected chi connectivity index (χ4v) is 3.52. The van der Waals surface area contributed by atoms with Crippen LogP contribution in [0, 0.1) is 13.8 Å². The summed E-state index contributed by atoms with van der Waals surface area (Å²) < 4.78 is 5.61. The summed E-state index contributed by atoms with van der Waals surface area (Å²) in [5, 5.41) is 3.91. The van der Waals surface area contributed by atoms with E-state index in [-0.39, 0.29) is 18.2 Å². The third kappa shape index (κ3) is 3.45. The average molecular weight is 362 g/mol. The highest BCUT2D eigenvalue weighted by atomic mass is 16.3. The molecule has 0 spiro atoms. The fraction of sp³-hybridized carbons (Fsp3) is 0.273. The molecule has 0 aliphatic carbocycles. The maximum Gasteiger partial charge on any atom is 0.228 e. The van der Waals surface area contributed by atoms with E-state index in [2.05, 4.69) is 18.3 Å². The molecule has 0 radical (unpaired) electrons. The number of rotatable bonds is 4. The molecule has 0 saturated carbocycles. The Labute approximate surface area is 158 Å². The first kappa shape index (κ1) is 17.3. The van der Waals surface area contributed by atoms with Gasteiger partial charge in [0.15, 0.2) is 0 Å². The second-order valence-corrected chi connectivity index (χ2v) is 7.12. The largest absolute Gasteiger partial charge is 0.464 e. The molecule has 2 amide bonds. The van der Waals surface area contributed by atoms with Crippen LogP contribution in [0.4, 0.5) is 11.4 Å². The maximum absolute atomic E-state index is 12.5. The molecule has 1 aliphatic rings. The van der Waals surface area contributed by atoms with Crippen molar-refractivity contribution in [3.05, 3.63) is 59.4 Å². The zero-order chi connectivity index (χ0) is 19.0. The van der Waals surface area contributed by atoms with Crippen LogP contribution >= 0.6 is 0 Å². The number of nitrogens with one attached hydrogen (secondary N) is 1. The van der Waals surface area contributed by atoms with Gasteiger partial charge in [0, 0.05) is 35.3 Å². The quantitative estimate of drug-likeness (QED) is 0.750. The molecule has 5 heteroatoms. The summed E-state index contributed by atoms with van der Waals surface area (Å²) in [6.45, 7) is 4.83. The molecule has 3 aromatic rings. The highest BCUT2D eigenvalue weighted by Gasteiger charge is 2.22. The third-order valence-electron chi connectivity index (χ3n) is 5.14. The molecule has 1 saturated heterocycles. The monoisotopic (exact) mass is 362 g/mol. The minimum absolute atomic E-state index is 0.110. The van der Waals surface area contributed by atoms with Crippen molar-refractivity contribution in [2.45, 2.75) is 33.1 Å². The van der Waals surface area contributed by atoms with Crippen molar-refractivity contribution in [3.63, 3.8) is 0 Å². The van der Waals surface area contributed by atoms with Gasteiger partial charge in [0.25, 0.3) is 0 Å². The lowest BCUT2D eigenvalue weighted by atomic mass is 10.0. The van der Waals surface area contributed by atoms with Gasteiger partial charge in [-0.3, -0.25) is 9.59 Å². The van der Waals surface area contributed by atoms with Gasteiger partial charge in [0.1, 0.15) is 5.58 Å². The van der Waals surface area contributed by atoms with Crippen molar-refractivity contribution in [3.8, 4) is 0 Å². The number of carbonyl (C=O) groups is 2. The molecule has 1 N–H and O–H groups in total. The number of nitrogens with zero attached hydrogens (tertiary/aromatic N) is 1. The number of hydrogen-bond donors (Lipinski definition) is 1. The average Bonchev–Trinajstić information content (AvgIpc) is 3.22. The summed E-state index contributed by atoms with van der Waals surface area (Å²) in [6, 6.07) is 11.5. The van der Waals surface area contributed by atoms with Crippen molar-refractivity contribution in [2.24, 2.45) is 0 Å². The summed E-state index contributed by atoms with van der Waals surface area (Å²) in [6.07, 6.45) is 3.36. The molecule has 1 aromatic heterocycles. The van der Waals surface area contributed by atoms with E-state index < -0.39 is 0 Å². The molecular formula is C22H22N2O3. The predicted molar refractivity (Wildman–Crippen MR) is 106 cm³/mol. The number of fused-ring (bicyclic) bond motifs is 1. The number of furan rings is 1. The molecule has 0 bridgehead atoms. The van der Waals surface area contributed by atoms with Crippen LogP contribution in [0.2, 0.25) is 0 Å². The Morgan fingerprint density at radius 2 is 2.00 bits per heavy atom. The zero-order valence-electron chi connectivity index (χ0n) is 15.5. The van der Waals surface area contributed by atoms with Crippen LogP contribution in [0.1, 0.15) is 29.5 Å². The smallest absolute Gasteiger partial charge is 0.228 e. The molecular weight excluding hydrogens is 340 g/mol. The molecule has 5 nitrogen and oxygen atoms in total. The molecule has 0 unspecified atom stereocenters. The SMILES string of the molecule is Cc1cc2occ(CC(=O)Nc3cccc(N4CCCC4=O)c3)c2cc1C. The standard InChI is InChI=1S/C22H22N2O3/c1-14-9-19-16(13-27-20(19)10-15(14)2)11-21(25)23-17-5-3-6-18(12-17)24-8-4-7-22(24)26/h3,5-6,9-10,12-13H,4,7-8,11H2,1-2H3,(H,23,25). The Bertz CT molecular complexity index is 1040. The number of anilines is 2. The topological polar surface area (TPSA) is 62.6 Å². The number of hydrogen-bond acceptors (Lipinski definition) is 3. The van der Waals surface area contributed by atoms with E-state index in [1.54, 1.807) is 11.2 Å². The third-order valence-corrected chi connectivity index (χ3v) is 5.14. The van der Waals surface area contributed by atoms with Crippen LogP contribution in [0.3, 0.4) is 0 Å². The lowest BCUT2D eigenvalue weighted by molar-refractivity contribution is -0.117. The molecule has 1 fully saturated rings.